The number of nitrogens with one attached hydrogen (secondary N) is 2. The summed E-state index contributed by atoms with van der Waals surface area (Å²) in [6, 6.07) is 12.4. The smallest absolute Gasteiger partial charge is 0.262 e. The van der Waals surface area contributed by atoms with Gasteiger partial charge in [-0.1, -0.05) is 24.3 Å². The lowest BCUT2D eigenvalue weighted by molar-refractivity contribution is -0.121. The summed E-state index contributed by atoms with van der Waals surface area (Å²) in [5.74, 6) is -1.50. The van der Waals surface area contributed by atoms with Gasteiger partial charge < -0.3 is 10.1 Å². The average molecular weight is 431 g/mol. The molecule has 1 aliphatic heterocycles. The van der Waals surface area contributed by atoms with Crippen LogP contribution in [0.4, 0.5) is 0 Å². The summed E-state index contributed by atoms with van der Waals surface area (Å²) in [7, 11) is -2.16. The van der Waals surface area contributed by atoms with E-state index in [-0.39, 0.29) is 42.3 Å². The van der Waals surface area contributed by atoms with Crippen molar-refractivity contribution in [3.8, 4) is 0 Å². The lowest BCUT2D eigenvalue weighted by Crippen LogP contribution is -2.40. The van der Waals surface area contributed by atoms with E-state index < -0.39 is 27.7 Å². The minimum atomic E-state index is -3.63. The molecular weight excluding hydrogens is 410 g/mol. The maximum Gasteiger partial charge on any atom is 0.262 e. The first-order chi connectivity index (χ1) is 14.3. The van der Waals surface area contributed by atoms with Crippen molar-refractivity contribution < 1.29 is 27.5 Å². The molecule has 2 N–H and O–H groups in total. The molecule has 0 fully saturated rings. The highest BCUT2D eigenvalue weighted by Crippen LogP contribution is 2.21. The molecule has 0 aromatic heterocycles. The summed E-state index contributed by atoms with van der Waals surface area (Å²) in [6.07, 6.45) is 0. The molecule has 0 atom stereocenters. The van der Waals surface area contributed by atoms with Crippen LogP contribution in [0.5, 0.6) is 0 Å². The van der Waals surface area contributed by atoms with Crippen molar-refractivity contribution in [2.75, 3.05) is 26.8 Å². The molecule has 3 rings (SSSR count). The average Bonchev–Trinajstić information content (AvgIpc) is 2.98. The second kappa shape index (κ2) is 9.16. The van der Waals surface area contributed by atoms with Crippen LogP contribution in [0.2, 0.25) is 0 Å². The fourth-order valence-corrected chi connectivity index (χ4v) is 3.94. The summed E-state index contributed by atoms with van der Waals surface area (Å²) in [5, 5.41) is 2.63. The molecule has 3 amide bonds. The van der Waals surface area contributed by atoms with Gasteiger partial charge in [-0.2, -0.15) is 0 Å². The summed E-state index contributed by atoms with van der Waals surface area (Å²) in [5.41, 5.74) is 1.24. The number of benzene rings is 2. The van der Waals surface area contributed by atoms with Gasteiger partial charge in [0.25, 0.3) is 11.8 Å². The van der Waals surface area contributed by atoms with E-state index in [1.54, 1.807) is 36.4 Å². The van der Waals surface area contributed by atoms with Crippen LogP contribution in [0.3, 0.4) is 0 Å². The van der Waals surface area contributed by atoms with Gasteiger partial charge in [-0.05, 0) is 29.8 Å². The van der Waals surface area contributed by atoms with Gasteiger partial charge in [0.05, 0.1) is 22.6 Å². The number of nitrogens with zero attached hydrogens (tertiary/aromatic N) is 1. The third-order valence-electron chi connectivity index (χ3n) is 4.50. The van der Waals surface area contributed by atoms with E-state index in [4.69, 9.17) is 4.74 Å². The first-order valence-corrected chi connectivity index (χ1v) is 10.6. The van der Waals surface area contributed by atoms with Gasteiger partial charge in [-0.3, -0.25) is 19.3 Å². The SMILES string of the molecule is COCCNS(=O)(=O)c1ccc(CNC(=O)CN2C(=O)c3ccccc3C2=O)cc1. The number of fused-ring (bicyclic) bond motifs is 1. The number of methoxy groups -OCH3 is 1. The minimum absolute atomic E-state index is 0.0969. The Morgan fingerprint density at radius 2 is 1.60 bits per heavy atom. The van der Waals surface area contributed by atoms with Gasteiger partial charge in [0.2, 0.25) is 15.9 Å². The van der Waals surface area contributed by atoms with Gasteiger partial charge in [0.1, 0.15) is 6.54 Å². The van der Waals surface area contributed by atoms with Crippen LogP contribution in [-0.2, 0) is 26.1 Å². The maximum atomic E-state index is 12.3. The van der Waals surface area contributed by atoms with E-state index in [2.05, 4.69) is 10.0 Å². The highest BCUT2D eigenvalue weighted by Gasteiger charge is 2.36. The Labute approximate surface area is 174 Å². The molecule has 10 heteroatoms. The van der Waals surface area contributed by atoms with Crippen molar-refractivity contribution in [1.29, 1.82) is 0 Å². The number of rotatable bonds is 9. The molecule has 2 aromatic carbocycles. The molecule has 1 heterocycles. The third kappa shape index (κ3) is 4.73. The second-order valence-corrected chi connectivity index (χ2v) is 8.32. The highest BCUT2D eigenvalue weighted by molar-refractivity contribution is 7.89. The number of amides is 3. The van der Waals surface area contributed by atoms with Gasteiger partial charge >= 0.3 is 0 Å². The Kier molecular flexibility index (Phi) is 6.60. The van der Waals surface area contributed by atoms with Crippen molar-refractivity contribution in [2.24, 2.45) is 0 Å². The maximum absolute atomic E-state index is 12.3. The molecule has 0 saturated heterocycles. The summed E-state index contributed by atoms with van der Waals surface area (Å²) in [4.78, 5) is 37.8. The summed E-state index contributed by atoms with van der Waals surface area (Å²) in [6.45, 7) is 0.159. The number of ether oxygens (including phenoxy) is 1. The molecule has 1 aliphatic rings. The second-order valence-electron chi connectivity index (χ2n) is 6.55. The van der Waals surface area contributed by atoms with Gasteiger partial charge in [0.15, 0.2) is 0 Å². The Balaban J connectivity index is 1.54. The molecule has 0 aliphatic carbocycles. The highest BCUT2D eigenvalue weighted by atomic mass is 32.2. The minimum Gasteiger partial charge on any atom is -0.383 e. The normalized spacial score (nSPS) is 13.4. The Bertz CT molecular complexity index is 1030. The number of carbonyl (C=O) groups excluding carboxylic acids is 3. The van der Waals surface area contributed by atoms with E-state index in [9.17, 15) is 22.8 Å². The Morgan fingerprint density at radius 3 is 2.17 bits per heavy atom. The molecule has 2 aromatic rings. The van der Waals surface area contributed by atoms with Crippen LogP contribution in [-0.4, -0.2) is 57.8 Å². The molecule has 0 spiro atoms. The molecule has 30 heavy (non-hydrogen) atoms. The molecule has 0 saturated carbocycles. The predicted octanol–water partition coefficient (Wildman–Crippen LogP) is 0.524. The van der Waals surface area contributed by atoms with Gasteiger partial charge in [-0.15, -0.1) is 0 Å². The zero-order valence-electron chi connectivity index (χ0n) is 16.3. The fourth-order valence-electron chi connectivity index (χ4n) is 2.93. The van der Waals surface area contributed by atoms with Crippen LogP contribution in [0, 0.1) is 0 Å². The number of carbonyl (C=O) groups is 3. The predicted molar refractivity (Wildman–Crippen MR) is 107 cm³/mol. The van der Waals surface area contributed by atoms with E-state index in [0.29, 0.717) is 5.56 Å². The quantitative estimate of drug-likeness (QED) is 0.441. The van der Waals surface area contributed by atoms with Crippen molar-refractivity contribution in [3.63, 3.8) is 0 Å². The van der Waals surface area contributed by atoms with E-state index >= 15 is 0 Å². The number of hydrogen-bond acceptors (Lipinski definition) is 6. The summed E-state index contributed by atoms with van der Waals surface area (Å²) < 4.78 is 31.5. The standard InChI is InChI=1S/C20H21N3O6S/c1-29-11-10-22-30(27,28)15-8-6-14(7-9-15)12-21-18(24)13-23-19(25)16-4-2-3-5-17(16)20(23)26/h2-9,22H,10-13H2,1H3,(H,21,24). The fraction of sp³-hybridized carbons (Fsp3) is 0.250. The van der Waals surface area contributed by atoms with Crippen LogP contribution >= 0.6 is 0 Å². The first kappa shape index (κ1) is 21.6. The Hall–Kier alpha value is -3.08. The van der Waals surface area contributed by atoms with E-state index in [1.165, 1.54) is 19.2 Å². The molecule has 0 unspecified atom stereocenters. The molecule has 0 radical (unpaired) electrons. The number of sulfonamides is 1. The monoisotopic (exact) mass is 431 g/mol. The number of hydrogen-bond donors (Lipinski definition) is 2. The Morgan fingerprint density at radius 1 is 1.00 bits per heavy atom. The van der Waals surface area contributed by atoms with Crippen molar-refractivity contribution in [3.05, 3.63) is 65.2 Å². The van der Waals surface area contributed by atoms with Crippen molar-refractivity contribution >= 4 is 27.7 Å². The topological polar surface area (TPSA) is 122 Å². The molecule has 9 nitrogen and oxygen atoms in total. The van der Waals surface area contributed by atoms with E-state index in [0.717, 1.165) is 4.90 Å². The van der Waals surface area contributed by atoms with Gasteiger partial charge in [0, 0.05) is 20.2 Å². The van der Waals surface area contributed by atoms with Crippen LogP contribution < -0.4 is 10.0 Å². The van der Waals surface area contributed by atoms with E-state index in [1.807, 2.05) is 0 Å². The van der Waals surface area contributed by atoms with Gasteiger partial charge in [-0.25, -0.2) is 13.1 Å². The van der Waals surface area contributed by atoms with Crippen molar-refractivity contribution in [2.45, 2.75) is 11.4 Å². The molecule has 158 valence electrons. The lowest BCUT2D eigenvalue weighted by atomic mass is 10.1. The lowest BCUT2D eigenvalue weighted by Gasteiger charge is -2.14. The first-order valence-electron chi connectivity index (χ1n) is 9.13. The zero-order chi connectivity index (χ0) is 21.7. The molecular formula is C20H21N3O6S. The van der Waals surface area contributed by atoms with Crippen LogP contribution in [0.25, 0.3) is 0 Å². The zero-order valence-corrected chi connectivity index (χ0v) is 17.1. The third-order valence-corrected chi connectivity index (χ3v) is 5.98. The van der Waals surface area contributed by atoms with Crippen molar-refractivity contribution in [1.82, 2.24) is 14.9 Å². The number of imide groups is 1. The van der Waals surface area contributed by atoms with Crippen LogP contribution in [0.15, 0.2) is 53.4 Å². The molecule has 0 bridgehead atoms. The summed E-state index contributed by atoms with van der Waals surface area (Å²) >= 11 is 0. The van der Waals surface area contributed by atoms with Crippen LogP contribution in [0.1, 0.15) is 26.3 Å². The largest absolute Gasteiger partial charge is 0.383 e.